The van der Waals surface area contributed by atoms with Crippen LogP contribution in [-0.4, -0.2) is 57.7 Å². The second-order valence-electron chi connectivity index (χ2n) is 34.1. The number of allylic oxidation sites excluding steroid dienone is 5. The molecule has 13 nitrogen and oxygen atoms in total. The molecule has 0 radical (unpaired) electrons. The monoisotopic (exact) mass is 1750 g/mol. The van der Waals surface area contributed by atoms with E-state index in [1.165, 1.54) is 115 Å². The lowest BCUT2D eigenvalue weighted by molar-refractivity contribution is 0.745. The van der Waals surface area contributed by atoms with Gasteiger partial charge in [0.25, 0.3) is 0 Å². The smallest absolute Gasteiger partial charge is 0.138 e. The van der Waals surface area contributed by atoms with Crippen LogP contribution in [0.15, 0.2) is 499 Å². The van der Waals surface area contributed by atoms with Gasteiger partial charge in [-0.1, -0.05) is 267 Å². The zero-order valence-electron chi connectivity index (χ0n) is 74.0. The molecule has 1 aliphatic heterocycles. The van der Waals surface area contributed by atoms with Crippen LogP contribution in [0.4, 0.5) is 0 Å². The van der Waals surface area contributed by atoms with Crippen molar-refractivity contribution in [3.8, 4) is 62.6 Å². The van der Waals surface area contributed by atoms with Crippen molar-refractivity contribution in [2.75, 3.05) is 0 Å². The lowest BCUT2D eigenvalue weighted by Crippen LogP contribution is -2.17. The Kier molecular flexibility index (Phi) is 20.7. The number of nitrogens with zero attached hydrogens (tertiary/aromatic N) is 11. The van der Waals surface area contributed by atoms with E-state index >= 15 is 0 Å². The first kappa shape index (κ1) is 80.8. The fourth-order valence-electron chi connectivity index (χ4n) is 19.9. The maximum atomic E-state index is 7.46. The van der Waals surface area contributed by atoms with Gasteiger partial charge in [0.05, 0.1) is 89.3 Å². The Bertz CT molecular complexity index is 8890. The van der Waals surface area contributed by atoms with Gasteiger partial charge in [-0.15, -0.1) is 0 Å². The number of aromatic nitrogens is 11. The van der Waals surface area contributed by atoms with E-state index in [1.54, 1.807) is 12.2 Å². The van der Waals surface area contributed by atoms with Gasteiger partial charge in [-0.2, -0.15) is 0 Å². The fourth-order valence-corrected chi connectivity index (χ4v) is 19.9. The van der Waals surface area contributed by atoms with Gasteiger partial charge >= 0.3 is 0 Å². The normalized spacial score (nSPS) is 12.7. The molecule has 0 spiro atoms. The Morgan fingerprint density at radius 3 is 1.06 bits per heavy atom. The lowest BCUT2D eigenvalue weighted by Gasteiger charge is -2.20. The van der Waals surface area contributed by atoms with Crippen molar-refractivity contribution in [3.05, 3.63) is 510 Å². The molecule has 0 bridgehead atoms. The Balaban J connectivity index is 0.0000000991. The summed E-state index contributed by atoms with van der Waals surface area (Å²) >= 11 is 0. The van der Waals surface area contributed by atoms with Crippen LogP contribution in [0.5, 0.6) is 0 Å². The highest BCUT2D eigenvalue weighted by molar-refractivity contribution is 6.18. The third-order valence-corrected chi connectivity index (χ3v) is 26.2. The number of hydrogen-bond acceptors (Lipinski definition) is 5. The molecule has 1 atom stereocenters. The molecule has 0 saturated heterocycles. The predicted octanol–water partition coefficient (Wildman–Crippen LogP) is 30.4. The summed E-state index contributed by atoms with van der Waals surface area (Å²) in [4.78, 5) is 14.9. The molecule has 0 aliphatic carbocycles. The van der Waals surface area contributed by atoms with E-state index in [1.807, 2.05) is 42.6 Å². The topological polar surface area (TPSA) is 114 Å². The highest BCUT2D eigenvalue weighted by atomic mass is 15.1. The minimum atomic E-state index is 0.181. The van der Waals surface area contributed by atoms with Crippen molar-refractivity contribution < 1.29 is 0 Å². The molecule has 0 fully saturated rings. The van der Waals surface area contributed by atoms with Gasteiger partial charge in [-0.25, -0.2) is 15.0 Å². The lowest BCUT2D eigenvalue weighted by atomic mass is 10.0. The van der Waals surface area contributed by atoms with Crippen molar-refractivity contribution in [2.24, 2.45) is 0 Å². The van der Waals surface area contributed by atoms with E-state index in [9.17, 15) is 0 Å². The number of dihydropyridines is 1. The zero-order chi connectivity index (χ0) is 90.5. The van der Waals surface area contributed by atoms with Gasteiger partial charge in [-0.05, 0) is 211 Å². The molecule has 1 aliphatic rings. The second-order valence-corrected chi connectivity index (χ2v) is 34.1. The summed E-state index contributed by atoms with van der Waals surface area (Å²) in [6.07, 6.45) is 21.8. The molecule has 13 heteroatoms. The average Bonchev–Trinajstić information content (AvgIpc) is 1.59. The molecule has 11 aromatic heterocycles. The third kappa shape index (κ3) is 14.6. The Morgan fingerprint density at radius 1 is 0.294 bits per heavy atom. The maximum Gasteiger partial charge on any atom is 0.138 e. The molecule has 1 unspecified atom stereocenters. The van der Waals surface area contributed by atoms with Crippen LogP contribution >= 0.6 is 0 Å². The fraction of sp³-hybridized carbons (Fsp3) is 0.00813. The number of pyridine rings is 3. The molecule has 27 rings (SSSR count). The largest absolute Gasteiger partial charge is 0.379 e. The summed E-state index contributed by atoms with van der Waals surface area (Å²) in [6, 6.07) is 152. The van der Waals surface area contributed by atoms with Crippen molar-refractivity contribution in [1.29, 1.82) is 5.41 Å². The molecule has 26 aromatic rings. The molecule has 12 heterocycles. The van der Waals surface area contributed by atoms with Crippen LogP contribution in [0.1, 0.15) is 17.3 Å². The average molecular weight is 1750 g/mol. The van der Waals surface area contributed by atoms with Crippen molar-refractivity contribution in [3.63, 3.8) is 0 Å². The molecular weight excluding hydrogens is 1660 g/mol. The van der Waals surface area contributed by atoms with E-state index < -0.39 is 0 Å². The van der Waals surface area contributed by atoms with E-state index in [2.05, 4.69) is 486 Å². The first-order valence-electron chi connectivity index (χ1n) is 45.8. The molecule has 136 heavy (non-hydrogen) atoms. The number of rotatable bonds is 14. The summed E-state index contributed by atoms with van der Waals surface area (Å²) in [7, 11) is 0. The maximum absolute atomic E-state index is 7.46. The summed E-state index contributed by atoms with van der Waals surface area (Å²) in [6.45, 7) is 3.89. The summed E-state index contributed by atoms with van der Waals surface area (Å²) < 4.78 is 18.2. The molecule has 0 saturated carbocycles. The van der Waals surface area contributed by atoms with E-state index in [4.69, 9.17) is 20.4 Å². The molecule has 644 valence electrons. The highest BCUT2D eigenvalue weighted by Crippen LogP contribution is 2.43. The number of para-hydroxylation sites is 8. The number of benzene rings is 15. The Morgan fingerprint density at radius 2 is 0.654 bits per heavy atom. The molecule has 15 aromatic carbocycles. The first-order valence-corrected chi connectivity index (χ1v) is 45.8. The first-order chi connectivity index (χ1) is 67.4. The van der Waals surface area contributed by atoms with Crippen LogP contribution in [0.2, 0.25) is 0 Å². The van der Waals surface area contributed by atoms with Crippen molar-refractivity contribution in [1.82, 2.24) is 56.8 Å². The number of fused-ring (bicyclic) bond motifs is 16. The standard InChI is InChI=1S/2C31H21N3.C31H23N3.C30H22N4/c1-3-10-22(11-4-1)27-15-9-17-31(32-27)34-28-16-8-7-14-25(28)26-20-23-18-19-33(29(23)21-30(26)34)24-12-5-2-6-13-24;1-3-9-22(10-4-1)23-15-17-32-31(20-23)34-28-14-8-7-13-26(28)27-19-24-16-18-33(29(24)21-30(27)34)25-11-5-2-6-12-25;1-3-9-22(10-4-1)28-16-15-25(21-32-28)34-29-14-8-7-13-26(29)27-19-23-17-18-33(30(23)20-31(27)34)24-11-5-2-6-12-24;1-2-21(15-17-31)26-12-8-14-30(32-26)34-27-13-7-6-11-24(27)25-19-22-16-18-33(28(22)20-29(25)34)23-9-4-3-5-10-23/h2*1-21H;1-21,28,32H;2-20,31H,1H2/b;;;21-15+,31-17?. The van der Waals surface area contributed by atoms with Crippen molar-refractivity contribution in [2.45, 2.75) is 6.04 Å². The van der Waals surface area contributed by atoms with Gasteiger partial charge in [-0.3, -0.25) is 13.7 Å². The minimum Gasteiger partial charge on any atom is -0.379 e. The molecular formula is C123H87N13. The van der Waals surface area contributed by atoms with Crippen LogP contribution < -0.4 is 5.32 Å². The van der Waals surface area contributed by atoms with Gasteiger partial charge in [0.15, 0.2) is 0 Å². The SMILES string of the molecule is C1=CC(c2ccccc2)NC=C1n1c2ccccc2c2cc3ccn(-c4ccccc4)c3cc21.C=C/C(=C\C=N)c1cccc(-n2c3ccccc3c3cc4ccn(-c5ccccc5)c4cc32)n1.c1ccc(-c2cccc(-n3c4ccccc4c4cc5ccn(-c6ccccc6)c5cc43)n2)cc1.c1ccc(-c2ccnc(-n3c4ccccc4c4cc5ccn(-c6ccccc6)c5cc43)c2)cc1. The Labute approximate surface area is 784 Å². The number of hydrogen-bond donors (Lipinski definition) is 2. The second kappa shape index (κ2) is 34.8. The van der Waals surface area contributed by atoms with Crippen molar-refractivity contribution >= 4 is 148 Å². The van der Waals surface area contributed by atoms with E-state index in [0.29, 0.717) is 0 Å². The highest BCUT2D eigenvalue weighted by Gasteiger charge is 2.24. The number of nitrogens with one attached hydrogen (secondary N) is 2. The quantitative estimate of drug-likeness (QED) is 0.0834. The predicted molar refractivity (Wildman–Crippen MR) is 566 cm³/mol. The minimum absolute atomic E-state index is 0.181. The summed E-state index contributed by atoms with van der Waals surface area (Å²) in [5.41, 5.74) is 27.0. The molecule has 2 N–H and O–H groups in total. The van der Waals surface area contributed by atoms with Gasteiger partial charge < -0.3 is 33.6 Å². The van der Waals surface area contributed by atoms with E-state index in [-0.39, 0.29) is 6.04 Å². The summed E-state index contributed by atoms with van der Waals surface area (Å²) in [5, 5.41) is 25.8. The summed E-state index contributed by atoms with van der Waals surface area (Å²) in [5.74, 6) is 2.67. The van der Waals surface area contributed by atoms with Crippen LogP contribution in [0.25, 0.3) is 205 Å². The zero-order valence-corrected chi connectivity index (χ0v) is 74.0. The molecule has 0 amide bonds. The van der Waals surface area contributed by atoms with Crippen LogP contribution in [-0.2, 0) is 0 Å². The van der Waals surface area contributed by atoms with Gasteiger partial charge in [0, 0.05) is 142 Å². The van der Waals surface area contributed by atoms with Gasteiger partial charge in [0.1, 0.15) is 17.5 Å². The van der Waals surface area contributed by atoms with Crippen LogP contribution in [0.3, 0.4) is 0 Å². The Hall–Kier alpha value is -18.5. The third-order valence-electron chi connectivity index (χ3n) is 26.2. The van der Waals surface area contributed by atoms with Gasteiger partial charge in [0.2, 0.25) is 0 Å². The van der Waals surface area contributed by atoms with Crippen LogP contribution in [0, 0.1) is 5.41 Å². The van der Waals surface area contributed by atoms with E-state index in [0.717, 1.165) is 107 Å².